The van der Waals surface area contributed by atoms with E-state index in [-0.39, 0.29) is 6.61 Å². The lowest BCUT2D eigenvalue weighted by Crippen LogP contribution is -2.45. The Labute approximate surface area is 267 Å². The molecule has 0 unspecified atom stereocenters. The number of piperazine rings is 1. The predicted molar refractivity (Wildman–Crippen MR) is 170 cm³/mol. The zero-order valence-electron chi connectivity index (χ0n) is 24.6. The summed E-state index contributed by atoms with van der Waals surface area (Å²) in [4.78, 5) is 16.1. The molecular formula is C32H31ClF3N7OS. The lowest BCUT2D eigenvalue weighted by atomic mass is 9.95. The fraction of sp³-hybridized carbons (Fsp3) is 0.344. The predicted octanol–water partition coefficient (Wildman–Crippen LogP) is 6.90. The Hall–Kier alpha value is -3.71. The maximum atomic E-state index is 13.1. The van der Waals surface area contributed by atoms with Crippen LogP contribution in [0.2, 0.25) is 5.02 Å². The van der Waals surface area contributed by atoms with E-state index in [9.17, 15) is 13.2 Å². The van der Waals surface area contributed by atoms with E-state index in [0.29, 0.717) is 27.8 Å². The first-order valence-corrected chi connectivity index (χ1v) is 16.0. The molecule has 0 radical (unpaired) electrons. The lowest BCUT2D eigenvalue weighted by Gasteiger charge is -2.32. The number of benzene rings is 2. The van der Waals surface area contributed by atoms with Crippen LogP contribution in [-0.4, -0.2) is 69.3 Å². The van der Waals surface area contributed by atoms with Crippen LogP contribution in [0.5, 0.6) is 5.75 Å². The van der Waals surface area contributed by atoms with Gasteiger partial charge in [0, 0.05) is 54.5 Å². The second-order valence-electron chi connectivity index (χ2n) is 11.4. The molecule has 0 saturated carbocycles. The molecule has 0 atom stereocenters. The molecule has 8 nitrogen and oxygen atoms in total. The molecule has 0 amide bonds. The van der Waals surface area contributed by atoms with Crippen molar-refractivity contribution in [2.75, 3.05) is 45.1 Å². The number of aryl methyl sites for hydroxylation is 1. The molecule has 7 rings (SSSR count). The zero-order chi connectivity index (χ0) is 31.1. The van der Waals surface area contributed by atoms with Gasteiger partial charge in [0.05, 0.1) is 28.7 Å². The molecule has 2 aromatic carbocycles. The van der Waals surface area contributed by atoms with Crippen molar-refractivity contribution < 1.29 is 17.9 Å². The molecule has 0 bridgehead atoms. The highest BCUT2D eigenvalue weighted by atomic mass is 35.5. The van der Waals surface area contributed by atoms with E-state index in [1.54, 1.807) is 35.9 Å². The third kappa shape index (κ3) is 6.24. The first-order valence-electron chi connectivity index (χ1n) is 14.8. The quantitative estimate of drug-likeness (QED) is 0.195. The van der Waals surface area contributed by atoms with E-state index in [2.05, 4.69) is 36.8 Å². The number of nitrogens with one attached hydrogen (secondary N) is 1. The number of nitrogens with zero attached hydrogens (tertiary/aromatic N) is 6. The molecule has 1 saturated heterocycles. The number of anilines is 2. The van der Waals surface area contributed by atoms with Gasteiger partial charge in [0.2, 0.25) is 0 Å². The topological polar surface area (TPSA) is 71.3 Å². The Kier molecular flexibility index (Phi) is 8.15. The number of hydrogen-bond acceptors (Lipinski definition) is 8. The zero-order valence-corrected chi connectivity index (χ0v) is 26.1. The minimum Gasteiger partial charge on any atom is -0.487 e. The van der Waals surface area contributed by atoms with Crippen molar-refractivity contribution in [1.29, 1.82) is 0 Å². The maximum Gasteiger partial charge on any atom is 0.416 e. The molecule has 3 aromatic heterocycles. The Balaban J connectivity index is 1.07. The number of fused-ring (bicyclic) bond motifs is 5. The molecule has 1 N–H and O–H groups in total. The van der Waals surface area contributed by atoms with Crippen LogP contribution in [-0.2, 0) is 32.2 Å². The summed E-state index contributed by atoms with van der Waals surface area (Å²) in [7, 11) is 2.17. The van der Waals surface area contributed by atoms with Gasteiger partial charge in [-0.2, -0.15) is 18.3 Å². The van der Waals surface area contributed by atoms with Gasteiger partial charge in [-0.3, -0.25) is 9.58 Å². The van der Waals surface area contributed by atoms with E-state index in [1.807, 2.05) is 12.3 Å². The number of likely N-dealkylation sites (N-methyl/N-ethyl adjacent to an activating group) is 1. The number of rotatable bonds is 8. The van der Waals surface area contributed by atoms with Gasteiger partial charge in [-0.05, 0) is 61.3 Å². The number of ether oxygens (including phenoxy) is 1. The van der Waals surface area contributed by atoms with Crippen molar-refractivity contribution >= 4 is 44.7 Å². The fourth-order valence-corrected chi connectivity index (χ4v) is 7.44. The van der Waals surface area contributed by atoms with E-state index < -0.39 is 11.7 Å². The number of aromatic nitrogens is 4. The largest absolute Gasteiger partial charge is 0.487 e. The Bertz CT molecular complexity index is 1850. The van der Waals surface area contributed by atoms with Gasteiger partial charge in [0.1, 0.15) is 29.3 Å². The van der Waals surface area contributed by atoms with Gasteiger partial charge < -0.3 is 15.0 Å². The minimum atomic E-state index is -4.41. The summed E-state index contributed by atoms with van der Waals surface area (Å²) in [6, 6.07) is 10.3. The van der Waals surface area contributed by atoms with Crippen LogP contribution < -0.4 is 10.1 Å². The smallest absolute Gasteiger partial charge is 0.416 e. The first kappa shape index (κ1) is 30.0. The summed E-state index contributed by atoms with van der Waals surface area (Å²) in [6.07, 6.45) is 0.902. The van der Waals surface area contributed by atoms with Gasteiger partial charge in [-0.1, -0.05) is 23.7 Å². The molecule has 13 heteroatoms. The lowest BCUT2D eigenvalue weighted by molar-refractivity contribution is -0.137. The van der Waals surface area contributed by atoms with Crippen LogP contribution in [0.1, 0.15) is 22.4 Å². The van der Waals surface area contributed by atoms with Crippen LogP contribution in [0, 0.1) is 0 Å². The fourth-order valence-electron chi connectivity index (χ4n) is 5.98. The first-order chi connectivity index (χ1) is 21.7. The summed E-state index contributed by atoms with van der Waals surface area (Å²) in [6.45, 7) is 6.23. The van der Waals surface area contributed by atoms with Crippen molar-refractivity contribution in [3.63, 3.8) is 0 Å². The summed E-state index contributed by atoms with van der Waals surface area (Å²) < 4.78 is 47.1. The highest BCUT2D eigenvalue weighted by Gasteiger charge is 2.30. The number of halogens is 4. The van der Waals surface area contributed by atoms with Crippen LogP contribution in [0.4, 0.5) is 24.7 Å². The van der Waals surface area contributed by atoms with Crippen molar-refractivity contribution in [3.8, 4) is 16.2 Å². The van der Waals surface area contributed by atoms with E-state index >= 15 is 0 Å². The van der Waals surface area contributed by atoms with Gasteiger partial charge in [-0.25, -0.2) is 9.97 Å². The normalized spacial score (nSPS) is 15.7. The van der Waals surface area contributed by atoms with Gasteiger partial charge in [0.25, 0.3) is 0 Å². The molecule has 45 heavy (non-hydrogen) atoms. The van der Waals surface area contributed by atoms with Gasteiger partial charge in [-0.15, -0.1) is 11.3 Å². The molecular weight excluding hydrogens is 623 g/mol. The van der Waals surface area contributed by atoms with Crippen molar-refractivity contribution in [1.82, 2.24) is 29.5 Å². The van der Waals surface area contributed by atoms with Gasteiger partial charge >= 0.3 is 6.18 Å². The molecule has 1 fully saturated rings. The van der Waals surface area contributed by atoms with Crippen molar-refractivity contribution in [2.24, 2.45) is 0 Å². The second-order valence-corrected chi connectivity index (χ2v) is 12.8. The van der Waals surface area contributed by atoms with Crippen LogP contribution in [0.3, 0.4) is 0 Å². The number of hydrogen-bond donors (Lipinski definition) is 1. The monoisotopic (exact) mass is 653 g/mol. The molecule has 5 aromatic rings. The third-order valence-electron chi connectivity index (χ3n) is 8.46. The van der Waals surface area contributed by atoms with Crippen LogP contribution >= 0.6 is 22.9 Å². The Morgan fingerprint density at radius 3 is 2.67 bits per heavy atom. The van der Waals surface area contributed by atoms with Crippen LogP contribution in [0.15, 0.2) is 55.0 Å². The molecule has 1 aliphatic carbocycles. The SMILES string of the molecule is CN1CCN(CCn2ncc3c2CCc2c-3sc3ncnc(Nc4ccc(OCc5cccc(C(F)(F)F)c5)c(Cl)c4)c23)CC1. The molecule has 234 valence electrons. The molecule has 2 aliphatic rings. The van der Waals surface area contributed by atoms with E-state index in [1.165, 1.54) is 27.8 Å². The number of thiophene rings is 1. The molecule has 0 spiro atoms. The standard InChI is InChI=1S/C32H31ClF3N7OS/c1-41-9-11-42(12-10-41)13-14-43-26-7-6-23-28-30(37-19-38-31(28)45-29(23)24(26)17-39-43)40-22-5-8-27(25(33)16-22)44-18-20-3-2-4-21(15-20)32(34,35)36/h2-5,8,15-17,19H,6-7,9-14,18H2,1H3,(H,37,38,40). The van der Waals surface area contributed by atoms with Gasteiger partial charge in [0.15, 0.2) is 0 Å². The molecule has 4 heterocycles. The third-order valence-corrected chi connectivity index (χ3v) is 9.93. The Morgan fingerprint density at radius 1 is 1.02 bits per heavy atom. The van der Waals surface area contributed by atoms with Crippen LogP contribution in [0.25, 0.3) is 20.7 Å². The number of alkyl halides is 3. The summed E-state index contributed by atoms with van der Waals surface area (Å²) in [5.74, 6) is 1.06. The molecule has 1 aliphatic heterocycles. The summed E-state index contributed by atoms with van der Waals surface area (Å²) in [5.41, 5.74) is 4.06. The minimum absolute atomic E-state index is 0.0432. The van der Waals surface area contributed by atoms with Crippen molar-refractivity contribution in [2.45, 2.75) is 32.2 Å². The van der Waals surface area contributed by atoms with E-state index in [4.69, 9.17) is 21.4 Å². The average Bonchev–Trinajstić information content (AvgIpc) is 3.62. The summed E-state index contributed by atoms with van der Waals surface area (Å²) >= 11 is 8.19. The highest BCUT2D eigenvalue weighted by Crippen LogP contribution is 2.45. The van der Waals surface area contributed by atoms with Crippen molar-refractivity contribution in [3.05, 3.63) is 82.4 Å². The highest BCUT2D eigenvalue weighted by molar-refractivity contribution is 7.22. The second kappa shape index (κ2) is 12.2. The average molecular weight is 654 g/mol. The van der Waals surface area contributed by atoms with E-state index in [0.717, 1.165) is 74.5 Å². The maximum absolute atomic E-state index is 13.1. The Morgan fingerprint density at radius 2 is 1.87 bits per heavy atom. The summed E-state index contributed by atoms with van der Waals surface area (Å²) in [5, 5.41) is 9.51.